The van der Waals surface area contributed by atoms with Gasteiger partial charge in [-0.15, -0.1) is 22.7 Å². The number of carbonyl (C=O) groups excluding carboxylic acids is 2. The third-order valence-corrected chi connectivity index (χ3v) is 9.32. The summed E-state index contributed by atoms with van der Waals surface area (Å²) in [7, 11) is 0. The number of thiazole rings is 1. The van der Waals surface area contributed by atoms with E-state index < -0.39 is 36.1 Å². The lowest BCUT2D eigenvalue weighted by atomic mass is 9.88. The Balaban J connectivity index is 1.14. The summed E-state index contributed by atoms with van der Waals surface area (Å²) in [6, 6.07) is 9.60. The molecule has 3 aromatic rings. The molecule has 2 fully saturated rings. The first-order valence-corrected chi connectivity index (χ1v) is 14.7. The van der Waals surface area contributed by atoms with Gasteiger partial charge in [0.15, 0.2) is 18.2 Å². The van der Waals surface area contributed by atoms with E-state index in [1.54, 1.807) is 6.92 Å². The van der Waals surface area contributed by atoms with Crippen LogP contribution in [0.4, 0.5) is 0 Å². The average molecular weight is 577 g/mol. The molecule has 3 heterocycles. The van der Waals surface area contributed by atoms with Gasteiger partial charge >= 0.3 is 0 Å². The van der Waals surface area contributed by atoms with Crippen molar-refractivity contribution in [1.29, 1.82) is 0 Å². The standard InChI is InChI=1S/C27H29ClN2O6S2/c1-14-35-27(36-14)21-13-38-26(30-21)19-7-4-6-18(19)22(31)23(32)24(33)25(34)29-11-17-10-15(12-37-17)9-16-5-2-3-8-20(16)28/h2-3,5,8,10,12-14,18-19,23-24,27,32-33H,4,6-7,9,11H2,1H3,(H,29,34)/t14?,18?,19-,23-,24+,27?/m0/s1. The Morgan fingerprint density at radius 2 is 1.95 bits per heavy atom. The number of aromatic nitrogens is 1. The molecule has 1 saturated carbocycles. The number of aliphatic hydroxyl groups excluding tert-OH is 2. The van der Waals surface area contributed by atoms with Crippen LogP contribution >= 0.6 is 34.3 Å². The molecule has 2 aliphatic rings. The molecule has 202 valence electrons. The molecule has 1 aliphatic heterocycles. The smallest absolute Gasteiger partial charge is 0.252 e. The molecule has 38 heavy (non-hydrogen) atoms. The van der Waals surface area contributed by atoms with E-state index in [1.165, 1.54) is 22.7 Å². The van der Waals surface area contributed by atoms with Gasteiger partial charge in [-0.2, -0.15) is 0 Å². The molecule has 0 radical (unpaired) electrons. The van der Waals surface area contributed by atoms with Gasteiger partial charge in [0, 0.05) is 27.1 Å². The largest absolute Gasteiger partial charge is 0.382 e. The van der Waals surface area contributed by atoms with Gasteiger partial charge in [-0.1, -0.05) is 36.2 Å². The third-order valence-electron chi connectivity index (χ3n) is 6.97. The Hall–Kier alpha value is -2.18. The van der Waals surface area contributed by atoms with Crippen molar-refractivity contribution in [1.82, 2.24) is 10.3 Å². The molecule has 1 aromatic carbocycles. The monoisotopic (exact) mass is 576 g/mol. The molecule has 1 saturated heterocycles. The van der Waals surface area contributed by atoms with E-state index in [9.17, 15) is 19.8 Å². The van der Waals surface area contributed by atoms with Crippen molar-refractivity contribution < 1.29 is 29.3 Å². The van der Waals surface area contributed by atoms with Crippen LogP contribution in [0.1, 0.15) is 65.1 Å². The van der Waals surface area contributed by atoms with E-state index in [0.29, 0.717) is 23.6 Å². The highest BCUT2D eigenvalue weighted by Crippen LogP contribution is 2.43. The van der Waals surface area contributed by atoms with Crippen LogP contribution in [0.3, 0.4) is 0 Å². The number of nitrogens with one attached hydrogen (secondary N) is 1. The van der Waals surface area contributed by atoms with E-state index >= 15 is 0 Å². The summed E-state index contributed by atoms with van der Waals surface area (Å²) in [6.45, 7) is 1.99. The number of ether oxygens (including phenoxy) is 2. The van der Waals surface area contributed by atoms with Gasteiger partial charge in [0.05, 0.1) is 11.6 Å². The van der Waals surface area contributed by atoms with Gasteiger partial charge in [0.25, 0.3) is 5.91 Å². The topological polar surface area (TPSA) is 118 Å². The molecule has 5 rings (SSSR count). The number of nitrogens with zero attached hydrogens (tertiary/aromatic N) is 1. The molecule has 2 aromatic heterocycles. The minimum Gasteiger partial charge on any atom is -0.382 e. The maximum absolute atomic E-state index is 13.1. The number of hydrogen-bond donors (Lipinski definition) is 3. The highest BCUT2D eigenvalue weighted by atomic mass is 35.5. The van der Waals surface area contributed by atoms with Crippen LogP contribution in [0.5, 0.6) is 0 Å². The van der Waals surface area contributed by atoms with Crippen molar-refractivity contribution in [3.05, 3.63) is 72.8 Å². The zero-order valence-corrected chi connectivity index (χ0v) is 23.1. The molecule has 0 spiro atoms. The van der Waals surface area contributed by atoms with Crippen LogP contribution in [0.15, 0.2) is 41.1 Å². The van der Waals surface area contributed by atoms with Crippen molar-refractivity contribution in [2.75, 3.05) is 0 Å². The second-order valence-corrected chi connectivity index (χ2v) is 11.9. The van der Waals surface area contributed by atoms with Crippen LogP contribution in [0, 0.1) is 5.92 Å². The molecular formula is C27H29ClN2O6S2. The second-order valence-electron chi connectivity index (χ2n) is 9.63. The molecule has 4 atom stereocenters. The molecule has 1 aliphatic carbocycles. The zero-order chi connectivity index (χ0) is 26.8. The van der Waals surface area contributed by atoms with E-state index in [0.717, 1.165) is 33.9 Å². The Morgan fingerprint density at radius 1 is 1.16 bits per heavy atom. The summed E-state index contributed by atoms with van der Waals surface area (Å²) in [5.41, 5.74) is 2.74. The number of carbonyl (C=O) groups is 2. The molecule has 1 amide bonds. The average Bonchev–Trinajstić information content (AvgIpc) is 3.66. The number of benzene rings is 1. The third kappa shape index (κ3) is 6.02. The first-order valence-electron chi connectivity index (χ1n) is 12.5. The van der Waals surface area contributed by atoms with Crippen molar-refractivity contribution in [2.45, 2.75) is 69.9 Å². The van der Waals surface area contributed by atoms with Crippen molar-refractivity contribution in [3.8, 4) is 0 Å². The highest BCUT2D eigenvalue weighted by molar-refractivity contribution is 7.10. The fourth-order valence-electron chi connectivity index (χ4n) is 4.94. The number of ketones is 1. The number of thiophene rings is 1. The minimum absolute atomic E-state index is 0.175. The van der Waals surface area contributed by atoms with Crippen molar-refractivity contribution in [2.24, 2.45) is 5.92 Å². The Labute approximate surface area is 233 Å². The number of halogens is 1. The van der Waals surface area contributed by atoms with Crippen LogP contribution in [0.2, 0.25) is 5.02 Å². The fourth-order valence-corrected chi connectivity index (χ4v) is 7.00. The van der Waals surface area contributed by atoms with Crippen LogP contribution < -0.4 is 5.32 Å². The highest BCUT2D eigenvalue weighted by Gasteiger charge is 2.42. The predicted octanol–water partition coefficient (Wildman–Crippen LogP) is 4.33. The van der Waals surface area contributed by atoms with Crippen LogP contribution in [-0.2, 0) is 32.0 Å². The predicted molar refractivity (Wildman–Crippen MR) is 144 cm³/mol. The number of aliphatic hydroxyl groups is 2. The minimum atomic E-state index is -1.85. The number of Topliss-reactive ketones (excluding diaryl/α,β-unsaturated/α-hetero) is 1. The van der Waals surface area contributed by atoms with E-state index in [-0.39, 0.29) is 18.8 Å². The molecule has 1 unspecified atom stereocenters. The maximum atomic E-state index is 13.1. The summed E-state index contributed by atoms with van der Waals surface area (Å²) in [6.07, 6.45) is -1.62. The Morgan fingerprint density at radius 3 is 2.71 bits per heavy atom. The van der Waals surface area contributed by atoms with Gasteiger partial charge in [-0.3, -0.25) is 9.59 Å². The van der Waals surface area contributed by atoms with Gasteiger partial charge < -0.3 is 25.0 Å². The van der Waals surface area contributed by atoms with Gasteiger partial charge in [0.2, 0.25) is 6.29 Å². The first-order chi connectivity index (χ1) is 18.3. The summed E-state index contributed by atoms with van der Waals surface area (Å²) in [5.74, 6) is -2.01. The Kier molecular flexibility index (Phi) is 8.59. The molecule has 3 N–H and O–H groups in total. The molecular weight excluding hydrogens is 548 g/mol. The van der Waals surface area contributed by atoms with Gasteiger partial charge in [-0.25, -0.2) is 4.98 Å². The molecule has 8 nitrogen and oxygen atoms in total. The maximum Gasteiger partial charge on any atom is 0.252 e. The second kappa shape index (κ2) is 11.9. The SMILES string of the molecule is CC1OC(c2csc([C@H]3CCCC3C(=O)[C@H](O)[C@@H](O)C(=O)NCc3cc(Cc4ccccc4Cl)cs3)n2)O1. The van der Waals surface area contributed by atoms with E-state index in [4.69, 9.17) is 21.1 Å². The van der Waals surface area contributed by atoms with Gasteiger partial charge in [-0.05, 0) is 54.8 Å². The summed E-state index contributed by atoms with van der Waals surface area (Å²) in [4.78, 5) is 31.2. The normalized spacial score (nSPS) is 24.5. The van der Waals surface area contributed by atoms with Crippen molar-refractivity contribution >= 4 is 46.0 Å². The Bertz CT molecular complexity index is 1290. The molecule has 0 bridgehead atoms. The lowest BCUT2D eigenvalue weighted by Gasteiger charge is -2.32. The van der Waals surface area contributed by atoms with Crippen molar-refractivity contribution in [3.63, 3.8) is 0 Å². The number of amides is 1. The number of hydrogen-bond acceptors (Lipinski definition) is 9. The summed E-state index contributed by atoms with van der Waals surface area (Å²) in [5, 5.41) is 29.1. The lowest BCUT2D eigenvalue weighted by molar-refractivity contribution is -0.383. The van der Waals surface area contributed by atoms with Crippen LogP contribution in [-0.4, -0.2) is 45.4 Å². The van der Waals surface area contributed by atoms with E-state index in [1.807, 2.05) is 41.1 Å². The lowest BCUT2D eigenvalue weighted by Crippen LogP contribution is -2.47. The quantitative estimate of drug-likeness (QED) is 0.329. The first kappa shape index (κ1) is 27.4. The number of rotatable bonds is 10. The van der Waals surface area contributed by atoms with E-state index in [2.05, 4.69) is 10.3 Å². The van der Waals surface area contributed by atoms with Gasteiger partial charge in [0.1, 0.15) is 11.8 Å². The fraction of sp³-hybridized carbons (Fsp3) is 0.444. The summed E-state index contributed by atoms with van der Waals surface area (Å²) < 4.78 is 11.0. The zero-order valence-electron chi connectivity index (χ0n) is 20.7. The van der Waals surface area contributed by atoms with Crippen LogP contribution in [0.25, 0.3) is 0 Å². The summed E-state index contributed by atoms with van der Waals surface area (Å²) >= 11 is 9.15. The molecule has 11 heteroatoms.